The van der Waals surface area contributed by atoms with Gasteiger partial charge in [-0.15, -0.1) is 0 Å². The van der Waals surface area contributed by atoms with E-state index in [2.05, 4.69) is 15.0 Å². The van der Waals surface area contributed by atoms with E-state index < -0.39 is 0 Å². The highest BCUT2D eigenvalue weighted by molar-refractivity contribution is 6.28. The van der Waals surface area contributed by atoms with E-state index in [0.717, 1.165) is 0 Å². The van der Waals surface area contributed by atoms with Gasteiger partial charge in [0.25, 0.3) is 0 Å². The van der Waals surface area contributed by atoms with Crippen LogP contribution < -0.4 is 0 Å². The monoisotopic (exact) mass is 156 g/mol. The normalized spacial score (nSPS) is 14.7. The average Bonchev–Trinajstić information content (AvgIpc) is 2.32. The summed E-state index contributed by atoms with van der Waals surface area (Å²) < 4.78 is 22.1. The Hall–Kier alpha value is -1.09. The van der Waals surface area contributed by atoms with E-state index in [1.165, 1.54) is 0 Å². The van der Waals surface area contributed by atoms with Gasteiger partial charge in [-0.3, -0.25) is 0 Å². The smallest absolute Gasteiger partial charge is 0.223 e. The van der Waals surface area contributed by atoms with Crippen LogP contribution in [0.5, 0.6) is 0 Å². The number of hydrogen-bond acceptors (Lipinski definition) is 2. The molecule has 0 saturated carbocycles. The van der Waals surface area contributed by atoms with Crippen molar-refractivity contribution in [3.05, 3.63) is 23.7 Å². The molecule has 0 aliphatic rings. The standard InChI is InChI=1S/C6H4ClN3/c7-6-9-3-5-4(10-6)1-2-8-5/h1-3,8H/i1D,2D,3D. The molecule has 2 heterocycles. The Bertz CT molecular complexity index is 481. The minimum atomic E-state index is -0.0954. The zero-order chi connectivity index (χ0) is 9.59. The van der Waals surface area contributed by atoms with Crippen molar-refractivity contribution in [2.24, 2.45) is 0 Å². The SMILES string of the molecule is [2H]c1[nH]c2c([2H])nc(Cl)nc2c1[2H]. The van der Waals surface area contributed by atoms with Crippen LogP contribution in [0.2, 0.25) is 5.28 Å². The fraction of sp³-hybridized carbons (Fsp3) is 0. The highest BCUT2D eigenvalue weighted by Crippen LogP contribution is 2.09. The quantitative estimate of drug-likeness (QED) is 0.589. The maximum absolute atomic E-state index is 7.41. The molecule has 2 rings (SSSR count). The van der Waals surface area contributed by atoms with Crippen molar-refractivity contribution in [3.8, 4) is 0 Å². The predicted octanol–water partition coefficient (Wildman–Crippen LogP) is 1.61. The number of aromatic nitrogens is 3. The second kappa shape index (κ2) is 1.95. The number of H-pyrrole nitrogens is 1. The molecule has 1 N–H and O–H groups in total. The molecule has 10 heavy (non-hydrogen) atoms. The highest BCUT2D eigenvalue weighted by atomic mass is 35.5. The Kier molecular flexibility index (Phi) is 0.653. The van der Waals surface area contributed by atoms with Crippen molar-refractivity contribution in [1.82, 2.24) is 15.0 Å². The van der Waals surface area contributed by atoms with Gasteiger partial charge in [-0.05, 0) is 17.6 Å². The third-order valence-corrected chi connectivity index (χ3v) is 1.24. The summed E-state index contributed by atoms with van der Waals surface area (Å²) in [6.45, 7) is 0. The number of aromatic amines is 1. The number of rotatable bonds is 0. The lowest BCUT2D eigenvalue weighted by Crippen LogP contribution is -1.79. The summed E-state index contributed by atoms with van der Waals surface area (Å²) in [5, 5.41) is -0.0787. The maximum atomic E-state index is 7.41. The lowest BCUT2D eigenvalue weighted by Gasteiger charge is -1.87. The molecule has 0 atom stereocenters. The van der Waals surface area contributed by atoms with Crippen LogP contribution in [0.4, 0.5) is 0 Å². The third-order valence-electron chi connectivity index (χ3n) is 1.07. The Morgan fingerprint density at radius 1 is 1.70 bits per heavy atom. The zero-order valence-electron chi connectivity index (χ0n) is 7.77. The molecule has 2 aromatic rings. The van der Waals surface area contributed by atoms with Gasteiger partial charge in [0.1, 0.15) is 0 Å². The Labute approximate surface area is 66.3 Å². The first-order chi connectivity index (χ1) is 6.09. The number of halogens is 1. The predicted molar refractivity (Wildman–Crippen MR) is 38.9 cm³/mol. The summed E-state index contributed by atoms with van der Waals surface area (Å²) in [4.78, 5) is 9.86. The van der Waals surface area contributed by atoms with Crippen molar-refractivity contribution in [2.45, 2.75) is 0 Å². The van der Waals surface area contributed by atoms with Crippen LogP contribution >= 0.6 is 11.6 Å². The van der Waals surface area contributed by atoms with Crippen molar-refractivity contribution in [1.29, 1.82) is 0 Å². The molecular weight excluding hydrogens is 150 g/mol. The van der Waals surface area contributed by atoms with E-state index in [9.17, 15) is 0 Å². The first-order valence-corrected chi connectivity index (χ1v) is 2.96. The van der Waals surface area contributed by atoms with Gasteiger partial charge in [0.05, 0.1) is 21.3 Å². The fourth-order valence-corrected chi connectivity index (χ4v) is 0.785. The number of nitrogens with one attached hydrogen (secondary N) is 1. The Morgan fingerprint density at radius 3 is 3.50 bits per heavy atom. The maximum Gasteiger partial charge on any atom is 0.223 e. The van der Waals surface area contributed by atoms with Crippen molar-refractivity contribution >= 4 is 22.6 Å². The van der Waals surface area contributed by atoms with Crippen molar-refractivity contribution in [3.63, 3.8) is 0 Å². The third kappa shape index (κ3) is 0.752. The van der Waals surface area contributed by atoms with Crippen LogP contribution in [0, 0.1) is 0 Å². The summed E-state index contributed by atoms with van der Waals surface area (Å²) in [5.41, 5.74) is 0.495. The van der Waals surface area contributed by atoms with E-state index >= 15 is 0 Å². The minimum absolute atomic E-state index is 0.0622. The van der Waals surface area contributed by atoms with Crippen molar-refractivity contribution < 1.29 is 4.11 Å². The topological polar surface area (TPSA) is 41.6 Å². The second-order valence-corrected chi connectivity index (χ2v) is 2.04. The average molecular weight is 157 g/mol. The Morgan fingerprint density at radius 2 is 2.60 bits per heavy atom. The molecule has 0 aliphatic heterocycles. The van der Waals surface area contributed by atoms with E-state index in [-0.39, 0.29) is 34.7 Å². The van der Waals surface area contributed by atoms with Crippen LogP contribution in [-0.2, 0) is 0 Å². The van der Waals surface area contributed by atoms with Gasteiger partial charge >= 0.3 is 0 Å². The van der Waals surface area contributed by atoms with Crippen LogP contribution in [-0.4, -0.2) is 15.0 Å². The van der Waals surface area contributed by atoms with Gasteiger partial charge in [-0.1, -0.05) is 0 Å². The van der Waals surface area contributed by atoms with Gasteiger partial charge in [-0.25, -0.2) is 9.97 Å². The molecular formula is C6H4ClN3. The highest BCUT2D eigenvalue weighted by Gasteiger charge is 1.95. The largest absolute Gasteiger partial charge is 0.359 e. The molecule has 0 spiro atoms. The summed E-state index contributed by atoms with van der Waals surface area (Å²) in [6.07, 6.45) is -0.179. The van der Waals surface area contributed by atoms with E-state index in [1.807, 2.05) is 0 Å². The molecule has 0 radical (unpaired) electrons. The molecule has 0 aliphatic carbocycles. The summed E-state index contributed by atoms with van der Waals surface area (Å²) in [5.74, 6) is 0. The summed E-state index contributed by atoms with van der Waals surface area (Å²) in [7, 11) is 0. The Balaban J connectivity index is 2.94. The number of nitrogens with zero attached hydrogens (tertiary/aromatic N) is 2. The minimum Gasteiger partial charge on any atom is -0.359 e. The van der Waals surface area contributed by atoms with Gasteiger partial charge in [0.2, 0.25) is 5.28 Å². The van der Waals surface area contributed by atoms with Crippen LogP contribution in [0.25, 0.3) is 11.0 Å². The van der Waals surface area contributed by atoms with Crippen molar-refractivity contribution in [2.75, 3.05) is 0 Å². The summed E-state index contributed by atoms with van der Waals surface area (Å²) >= 11 is 5.50. The fourth-order valence-electron chi connectivity index (χ4n) is 0.659. The van der Waals surface area contributed by atoms with E-state index in [1.54, 1.807) is 0 Å². The molecule has 0 aromatic carbocycles. The molecule has 0 fully saturated rings. The van der Waals surface area contributed by atoms with Crippen LogP contribution in [0.3, 0.4) is 0 Å². The molecule has 0 amide bonds. The van der Waals surface area contributed by atoms with Gasteiger partial charge in [0, 0.05) is 6.17 Å². The first kappa shape index (κ1) is 3.34. The summed E-state index contributed by atoms with van der Waals surface area (Å²) in [6, 6.07) is -0.0622. The molecule has 0 saturated heterocycles. The lowest BCUT2D eigenvalue weighted by atomic mass is 10.5. The van der Waals surface area contributed by atoms with E-state index in [0.29, 0.717) is 0 Å². The van der Waals surface area contributed by atoms with Crippen LogP contribution in [0.15, 0.2) is 18.4 Å². The molecule has 2 aromatic heterocycles. The molecule has 0 unspecified atom stereocenters. The molecule has 50 valence electrons. The second-order valence-electron chi connectivity index (χ2n) is 1.70. The van der Waals surface area contributed by atoms with Crippen LogP contribution in [0.1, 0.15) is 4.11 Å². The first-order valence-electron chi connectivity index (χ1n) is 4.08. The van der Waals surface area contributed by atoms with Gasteiger partial charge in [-0.2, -0.15) is 0 Å². The van der Waals surface area contributed by atoms with E-state index in [4.69, 9.17) is 15.7 Å². The van der Waals surface area contributed by atoms with Gasteiger partial charge in [0.15, 0.2) is 0 Å². The number of hydrogen-bond donors (Lipinski definition) is 1. The van der Waals surface area contributed by atoms with Gasteiger partial charge < -0.3 is 4.98 Å². The molecule has 3 nitrogen and oxygen atoms in total. The molecule has 0 bridgehead atoms. The lowest BCUT2D eigenvalue weighted by molar-refractivity contribution is 1.22. The molecule has 4 heteroatoms. The number of fused-ring (bicyclic) bond motifs is 1. The zero-order valence-corrected chi connectivity index (χ0v) is 5.53.